The molecule has 0 bridgehead atoms. The van der Waals surface area contributed by atoms with Crippen LogP contribution in [0.1, 0.15) is 10.4 Å². The third kappa shape index (κ3) is 4.52. The van der Waals surface area contributed by atoms with Gasteiger partial charge in [-0.15, -0.1) is 11.8 Å². The molecule has 0 spiro atoms. The molecular weight excluding hydrogens is 333 g/mol. The van der Waals surface area contributed by atoms with Crippen LogP contribution in [0, 0.1) is 0 Å². The number of benzene rings is 1. The Morgan fingerprint density at radius 3 is 2.90 bits per heavy atom. The van der Waals surface area contributed by atoms with Crippen LogP contribution in [0.4, 0.5) is 0 Å². The van der Waals surface area contributed by atoms with Gasteiger partial charge in [-0.2, -0.15) is 0 Å². The quantitative estimate of drug-likeness (QED) is 0.627. The van der Waals surface area contributed by atoms with Crippen LogP contribution in [0.5, 0.6) is 5.75 Å². The summed E-state index contributed by atoms with van der Waals surface area (Å²) in [5.41, 5.74) is 0.0933. The van der Waals surface area contributed by atoms with E-state index in [1.807, 2.05) is 0 Å². The lowest BCUT2D eigenvalue weighted by Gasteiger charge is -2.09. The number of hydrogen-bond donors (Lipinski definition) is 1. The van der Waals surface area contributed by atoms with Gasteiger partial charge in [-0.05, 0) is 24.3 Å². The number of carboxylic acids is 1. The molecule has 0 aliphatic carbocycles. The van der Waals surface area contributed by atoms with E-state index in [0.29, 0.717) is 22.4 Å². The van der Waals surface area contributed by atoms with Crippen molar-refractivity contribution in [1.29, 1.82) is 0 Å². The fourth-order valence-corrected chi connectivity index (χ4v) is 2.88. The van der Waals surface area contributed by atoms with Gasteiger partial charge in [0.25, 0.3) is 0 Å². The molecule has 0 atom stereocenters. The molecule has 1 N–H and O–H groups in total. The number of pyridine rings is 1. The first-order chi connectivity index (χ1) is 10.1. The zero-order valence-electron chi connectivity index (χ0n) is 10.8. The number of nitrogens with zero attached hydrogens (tertiary/aromatic N) is 1. The normalized spacial score (nSPS) is 10.4. The first-order valence-corrected chi connectivity index (χ1v) is 7.70. The Labute approximate surface area is 136 Å². The number of ether oxygens (including phenoxy) is 1. The molecule has 21 heavy (non-hydrogen) atoms. The summed E-state index contributed by atoms with van der Waals surface area (Å²) in [6, 6.07) is 6.63. The monoisotopic (exact) mass is 343 g/mol. The van der Waals surface area contributed by atoms with Crippen LogP contribution < -0.4 is 4.74 Å². The molecular formula is C14H11Cl2NO3S. The average Bonchev–Trinajstić information content (AvgIpc) is 2.47. The molecule has 0 amide bonds. The SMILES string of the molecule is O=C(O)c1ccncc1OCCSc1cc(Cl)ccc1Cl. The Morgan fingerprint density at radius 1 is 1.33 bits per heavy atom. The molecule has 1 aromatic heterocycles. The summed E-state index contributed by atoms with van der Waals surface area (Å²) in [4.78, 5) is 15.7. The van der Waals surface area contributed by atoms with Crippen molar-refractivity contribution in [2.45, 2.75) is 4.90 Å². The number of aromatic nitrogens is 1. The highest BCUT2D eigenvalue weighted by Gasteiger charge is 2.10. The van der Waals surface area contributed by atoms with Crippen LogP contribution in [0.2, 0.25) is 10.0 Å². The largest absolute Gasteiger partial charge is 0.490 e. The maximum absolute atomic E-state index is 11.0. The van der Waals surface area contributed by atoms with Crippen molar-refractivity contribution in [3.05, 3.63) is 52.3 Å². The van der Waals surface area contributed by atoms with Crippen molar-refractivity contribution >= 4 is 40.9 Å². The Kier molecular flexibility index (Phi) is 5.73. The van der Waals surface area contributed by atoms with Crippen molar-refractivity contribution in [3.63, 3.8) is 0 Å². The minimum Gasteiger partial charge on any atom is -0.490 e. The van der Waals surface area contributed by atoms with Gasteiger partial charge in [0.05, 0.1) is 17.8 Å². The van der Waals surface area contributed by atoms with Gasteiger partial charge in [0, 0.05) is 21.9 Å². The van der Waals surface area contributed by atoms with Gasteiger partial charge in [0.2, 0.25) is 0 Å². The van der Waals surface area contributed by atoms with E-state index >= 15 is 0 Å². The maximum atomic E-state index is 11.0. The molecule has 4 nitrogen and oxygen atoms in total. The Morgan fingerprint density at radius 2 is 2.14 bits per heavy atom. The summed E-state index contributed by atoms with van der Waals surface area (Å²) in [6.07, 6.45) is 2.80. The fraction of sp³-hybridized carbons (Fsp3) is 0.143. The first kappa shape index (κ1) is 15.9. The molecule has 0 aliphatic heterocycles. The molecule has 110 valence electrons. The van der Waals surface area contributed by atoms with Crippen LogP contribution in [-0.2, 0) is 0 Å². The lowest BCUT2D eigenvalue weighted by atomic mass is 10.2. The predicted octanol–water partition coefficient (Wildman–Crippen LogP) is 4.26. The van der Waals surface area contributed by atoms with E-state index in [1.54, 1.807) is 18.2 Å². The second-order valence-electron chi connectivity index (χ2n) is 3.95. The number of rotatable bonds is 6. The number of halogens is 2. The number of aromatic carboxylic acids is 1. The average molecular weight is 344 g/mol. The van der Waals surface area contributed by atoms with E-state index in [4.69, 9.17) is 33.0 Å². The van der Waals surface area contributed by atoms with Gasteiger partial charge >= 0.3 is 5.97 Å². The van der Waals surface area contributed by atoms with Crippen LogP contribution in [0.3, 0.4) is 0 Å². The standard InChI is InChI=1S/C14H11Cl2NO3S/c15-9-1-2-11(16)13(7-9)21-6-5-20-12-8-17-4-3-10(12)14(18)19/h1-4,7-8H,5-6H2,(H,18,19). The highest BCUT2D eigenvalue weighted by Crippen LogP contribution is 2.29. The molecule has 1 aromatic carbocycles. The highest BCUT2D eigenvalue weighted by molar-refractivity contribution is 7.99. The summed E-state index contributed by atoms with van der Waals surface area (Å²) >= 11 is 13.4. The Balaban J connectivity index is 1.91. The van der Waals surface area contributed by atoms with Crippen LogP contribution >= 0.6 is 35.0 Å². The van der Waals surface area contributed by atoms with Crippen molar-refractivity contribution in [3.8, 4) is 5.75 Å². The zero-order valence-corrected chi connectivity index (χ0v) is 13.1. The predicted molar refractivity (Wildman–Crippen MR) is 83.9 cm³/mol. The molecule has 0 unspecified atom stereocenters. The highest BCUT2D eigenvalue weighted by atomic mass is 35.5. The van der Waals surface area contributed by atoms with E-state index in [2.05, 4.69) is 4.98 Å². The smallest absolute Gasteiger partial charge is 0.339 e. The van der Waals surface area contributed by atoms with Gasteiger partial charge in [-0.25, -0.2) is 4.79 Å². The van der Waals surface area contributed by atoms with Crippen molar-refractivity contribution in [2.75, 3.05) is 12.4 Å². The summed E-state index contributed by atoms with van der Waals surface area (Å²) in [7, 11) is 0. The van der Waals surface area contributed by atoms with Crippen molar-refractivity contribution in [1.82, 2.24) is 4.98 Å². The van der Waals surface area contributed by atoms with E-state index in [9.17, 15) is 4.79 Å². The van der Waals surface area contributed by atoms with Crippen LogP contribution in [-0.4, -0.2) is 28.4 Å². The number of carboxylic acid groups (broad SMARTS) is 1. The van der Waals surface area contributed by atoms with Gasteiger partial charge < -0.3 is 9.84 Å². The topological polar surface area (TPSA) is 59.4 Å². The minimum atomic E-state index is -1.04. The van der Waals surface area contributed by atoms with Crippen LogP contribution in [0.25, 0.3) is 0 Å². The first-order valence-electron chi connectivity index (χ1n) is 5.96. The van der Waals surface area contributed by atoms with Crippen molar-refractivity contribution < 1.29 is 14.6 Å². The molecule has 1 heterocycles. The van der Waals surface area contributed by atoms with Crippen LogP contribution in [0.15, 0.2) is 41.6 Å². The number of thioether (sulfide) groups is 1. The van der Waals surface area contributed by atoms with E-state index in [0.717, 1.165) is 4.90 Å². The minimum absolute atomic E-state index is 0.0933. The van der Waals surface area contributed by atoms with Gasteiger partial charge in [0.1, 0.15) is 5.56 Å². The third-order valence-corrected chi connectivity index (χ3v) is 4.20. The van der Waals surface area contributed by atoms with E-state index in [-0.39, 0.29) is 11.3 Å². The second-order valence-corrected chi connectivity index (χ2v) is 5.93. The second kappa shape index (κ2) is 7.54. The van der Waals surface area contributed by atoms with E-state index in [1.165, 1.54) is 30.2 Å². The third-order valence-electron chi connectivity index (χ3n) is 2.51. The summed E-state index contributed by atoms with van der Waals surface area (Å²) < 4.78 is 5.45. The molecule has 2 rings (SSSR count). The number of hydrogen-bond acceptors (Lipinski definition) is 4. The molecule has 2 aromatic rings. The molecule has 0 fully saturated rings. The summed E-state index contributed by atoms with van der Waals surface area (Å²) in [5.74, 6) is -0.186. The van der Waals surface area contributed by atoms with Crippen molar-refractivity contribution in [2.24, 2.45) is 0 Å². The molecule has 0 saturated heterocycles. The molecule has 0 saturated carbocycles. The summed E-state index contributed by atoms with van der Waals surface area (Å²) in [6.45, 7) is 0.333. The van der Waals surface area contributed by atoms with Gasteiger partial charge in [-0.1, -0.05) is 23.2 Å². The summed E-state index contributed by atoms with van der Waals surface area (Å²) in [5, 5.41) is 10.3. The molecule has 7 heteroatoms. The lowest BCUT2D eigenvalue weighted by molar-refractivity contribution is 0.0692. The Bertz CT molecular complexity index is 652. The fourth-order valence-electron chi connectivity index (χ4n) is 1.56. The number of carbonyl (C=O) groups is 1. The Hall–Kier alpha value is -1.43. The molecule has 0 radical (unpaired) electrons. The van der Waals surface area contributed by atoms with Gasteiger partial charge in [0.15, 0.2) is 5.75 Å². The lowest BCUT2D eigenvalue weighted by Crippen LogP contribution is -2.06. The van der Waals surface area contributed by atoms with Gasteiger partial charge in [-0.3, -0.25) is 4.98 Å². The maximum Gasteiger partial charge on any atom is 0.339 e. The molecule has 0 aliphatic rings. The van der Waals surface area contributed by atoms with E-state index < -0.39 is 5.97 Å². The zero-order chi connectivity index (χ0) is 15.2.